The largest absolute Gasteiger partial charge is 0.271 e. The fraction of sp³-hybridized carbons (Fsp3) is 0.556. The lowest BCUT2D eigenvalue weighted by Gasteiger charge is -2.12. The van der Waals surface area contributed by atoms with Crippen molar-refractivity contribution in [3.63, 3.8) is 0 Å². The molecule has 1 unspecified atom stereocenters. The minimum Gasteiger partial charge on any atom is -0.271 e. The molecule has 1 aliphatic rings. The van der Waals surface area contributed by atoms with E-state index < -0.39 is 0 Å². The van der Waals surface area contributed by atoms with E-state index in [1.165, 1.54) is 22.2 Å². The maximum atomic E-state index is 5.51. The number of halogens is 1. The first-order chi connectivity index (χ1) is 6.29. The van der Waals surface area contributed by atoms with E-state index in [9.17, 15) is 0 Å². The standard InChI is InChI=1S/C9H13BrN2S/c10-7-3-8(13-5-7)4-9(12-11)6-1-2-6/h3,5-6,9,12H,1-2,4,11H2. The van der Waals surface area contributed by atoms with Gasteiger partial charge in [-0.2, -0.15) is 0 Å². The van der Waals surface area contributed by atoms with E-state index in [1.807, 2.05) is 0 Å². The van der Waals surface area contributed by atoms with E-state index in [-0.39, 0.29) is 0 Å². The molecule has 72 valence electrons. The third-order valence-electron chi connectivity index (χ3n) is 2.45. The Labute approximate surface area is 90.6 Å². The quantitative estimate of drug-likeness (QED) is 0.644. The van der Waals surface area contributed by atoms with Gasteiger partial charge in [0.15, 0.2) is 0 Å². The smallest absolute Gasteiger partial charge is 0.0287 e. The van der Waals surface area contributed by atoms with Gasteiger partial charge in [-0.05, 0) is 47.2 Å². The molecule has 1 saturated carbocycles. The molecule has 1 aromatic rings. The van der Waals surface area contributed by atoms with Gasteiger partial charge in [-0.25, -0.2) is 0 Å². The van der Waals surface area contributed by atoms with Crippen molar-refractivity contribution in [3.8, 4) is 0 Å². The molecule has 1 fully saturated rings. The fourth-order valence-electron chi connectivity index (χ4n) is 1.54. The van der Waals surface area contributed by atoms with Crippen molar-refractivity contribution >= 4 is 27.3 Å². The van der Waals surface area contributed by atoms with Crippen LogP contribution in [0.3, 0.4) is 0 Å². The maximum absolute atomic E-state index is 5.51. The van der Waals surface area contributed by atoms with Crippen LogP contribution in [0.15, 0.2) is 15.9 Å². The lowest BCUT2D eigenvalue weighted by atomic mass is 10.1. The van der Waals surface area contributed by atoms with Gasteiger partial charge < -0.3 is 0 Å². The van der Waals surface area contributed by atoms with E-state index >= 15 is 0 Å². The maximum Gasteiger partial charge on any atom is 0.0287 e. The molecule has 1 aliphatic carbocycles. The van der Waals surface area contributed by atoms with Gasteiger partial charge in [-0.1, -0.05) is 0 Å². The number of hydrogen-bond donors (Lipinski definition) is 2. The highest BCUT2D eigenvalue weighted by atomic mass is 79.9. The topological polar surface area (TPSA) is 38.0 Å². The summed E-state index contributed by atoms with van der Waals surface area (Å²) in [7, 11) is 0. The molecule has 0 radical (unpaired) electrons. The molecule has 3 N–H and O–H groups in total. The molecular weight excluding hydrogens is 248 g/mol. The van der Waals surface area contributed by atoms with E-state index in [2.05, 4.69) is 32.8 Å². The van der Waals surface area contributed by atoms with Crippen LogP contribution >= 0.6 is 27.3 Å². The van der Waals surface area contributed by atoms with Gasteiger partial charge in [-0.3, -0.25) is 11.3 Å². The normalized spacial score (nSPS) is 18.9. The number of rotatable bonds is 4. The summed E-state index contributed by atoms with van der Waals surface area (Å²) in [5.74, 6) is 6.32. The minimum absolute atomic E-state index is 0.477. The van der Waals surface area contributed by atoms with Gasteiger partial charge in [0.05, 0.1) is 0 Å². The Bertz CT molecular complexity index is 283. The lowest BCUT2D eigenvalue weighted by Crippen LogP contribution is -2.38. The van der Waals surface area contributed by atoms with Crippen LogP contribution < -0.4 is 11.3 Å². The predicted octanol–water partition coefficient (Wildman–Crippen LogP) is 2.29. The van der Waals surface area contributed by atoms with Crippen LogP contribution in [-0.4, -0.2) is 6.04 Å². The summed E-state index contributed by atoms with van der Waals surface area (Å²) < 4.78 is 1.18. The Hall–Kier alpha value is 0.1000. The molecule has 13 heavy (non-hydrogen) atoms. The van der Waals surface area contributed by atoms with Crippen LogP contribution in [0.5, 0.6) is 0 Å². The Morgan fingerprint density at radius 1 is 1.69 bits per heavy atom. The van der Waals surface area contributed by atoms with E-state index in [4.69, 9.17) is 5.84 Å². The lowest BCUT2D eigenvalue weighted by molar-refractivity contribution is 0.475. The van der Waals surface area contributed by atoms with Crippen LogP contribution in [0.1, 0.15) is 17.7 Å². The second-order valence-corrected chi connectivity index (χ2v) is 5.46. The van der Waals surface area contributed by atoms with Crippen LogP contribution in [0.2, 0.25) is 0 Å². The number of thiophene rings is 1. The highest BCUT2D eigenvalue weighted by Crippen LogP contribution is 2.34. The molecule has 0 amide bonds. The van der Waals surface area contributed by atoms with Crippen LogP contribution in [0, 0.1) is 5.92 Å². The number of nitrogens with one attached hydrogen (secondary N) is 1. The first kappa shape index (κ1) is 9.65. The van der Waals surface area contributed by atoms with E-state index in [1.54, 1.807) is 11.3 Å². The summed E-state index contributed by atoms with van der Waals surface area (Å²) in [6.07, 6.45) is 3.74. The van der Waals surface area contributed by atoms with Crippen molar-refractivity contribution in [2.24, 2.45) is 11.8 Å². The summed E-state index contributed by atoms with van der Waals surface area (Å²) in [4.78, 5) is 1.40. The fourth-order valence-corrected chi connectivity index (χ4v) is 3.05. The molecule has 1 atom stereocenters. The average Bonchev–Trinajstić information content (AvgIpc) is 2.87. The van der Waals surface area contributed by atoms with Crippen molar-refractivity contribution in [3.05, 3.63) is 20.8 Å². The van der Waals surface area contributed by atoms with Crippen molar-refractivity contribution in [1.29, 1.82) is 0 Å². The average molecular weight is 261 g/mol. The zero-order valence-electron chi connectivity index (χ0n) is 7.29. The van der Waals surface area contributed by atoms with Crippen molar-refractivity contribution in [2.75, 3.05) is 0 Å². The first-order valence-corrected chi connectivity index (χ1v) is 6.16. The summed E-state index contributed by atoms with van der Waals surface area (Å²) in [5, 5.41) is 2.12. The Morgan fingerprint density at radius 2 is 2.46 bits per heavy atom. The highest BCUT2D eigenvalue weighted by Gasteiger charge is 2.30. The van der Waals surface area contributed by atoms with Gasteiger partial charge in [0.1, 0.15) is 0 Å². The summed E-state index contributed by atoms with van der Waals surface area (Å²) in [5.41, 5.74) is 2.91. The van der Waals surface area contributed by atoms with Gasteiger partial charge in [-0.15, -0.1) is 11.3 Å². The third-order valence-corrected chi connectivity index (χ3v) is 4.17. The van der Waals surface area contributed by atoms with Crippen LogP contribution in [-0.2, 0) is 6.42 Å². The van der Waals surface area contributed by atoms with E-state index in [0.717, 1.165) is 12.3 Å². The molecule has 2 rings (SSSR count). The SMILES string of the molecule is NNC(Cc1cc(Br)cs1)C1CC1. The molecule has 0 spiro atoms. The predicted molar refractivity (Wildman–Crippen MR) is 59.6 cm³/mol. The van der Waals surface area contributed by atoms with Gasteiger partial charge in [0, 0.05) is 20.8 Å². The highest BCUT2D eigenvalue weighted by molar-refractivity contribution is 9.10. The zero-order chi connectivity index (χ0) is 9.26. The van der Waals surface area contributed by atoms with Gasteiger partial charge in [0.25, 0.3) is 0 Å². The summed E-state index contributed by atoms with van der Waals surface area (Å²) in [6, 6.07) is 2.66. The minimum atomic E-state index is 0.477. The number of hydrazine groups is 1. The summed E-state index contributed by atoms with van der Waals surface area (Å²) >= 11 is 5.25. The Balaban J connectivity index is 1.95. The van der Waals surface area contributed by atoms with Crippen LogP contribution in [0.4, 0.5) is 0 Å². The molecule has 1 heterocycles. The second kappa shape index (κ2) is 4.09. The molecular formula is C9H13BrN2S. The molecule has 4 heteroatoms. The molecule has 1 aromatic heterocycles. The number of hydrogen-bond acceptors (Lipinski definition) is 3. The molecule has 0 saturated heterocycles. The molecule has 0 aliphatic heterocycles. The van der Waals surface area contributed by atoms with Crippen LogP contribution in [0.25, 0.3) is 0 Å². The zero-order valence-corrected chi connectivity index (χ0v) is 9.70. The second-order valence-electron chi connectivity index (χ2n) is 3.55. The van der Waals surface area contributed by atoms with Gasteiger partial charge in [0.2, 0.25) is 0 Å². The Morgan fingerprint density at radius 3 is 2.92 bits per heavy atom. The first-order valence-electron chi connectivity index (χ1n) is 4.48. The third kappa shape index (κ3) is 2.53. The van der Waals surface area contributed by atoms with Crippen molar-refractivity contribution < 1.29 is 0 Å². The number of nitrogens with two attached hydrogens (primary N) is 1. The van der Waals surface area contributed by atoms with Crippen molar-refractivity contribution in [1.82, 2.24) is 5.43 Å². The molecule has 0 bridgehead atoms. The van der Waals surface area contributed by atoms with E-state index in [0.29, 0.717) is 6.04 Å². The molecule has 0 aromatic carbocycles. The van der Waals surface area contributed by atoms with Gasteiger partial charge >= 0.3 is 0 Å². The van der Waals surface area contributed by atoms with Crippen molar-refractivity contribution in [2.45, 2.75) is 25.3 Å². The Kier molecular flexibility index (Phi) is 3.03. The monoisotopic (exact) mass is 260 g/mol. The summed E-state index contributed by atoms with van der Waals surface area (Å²) in [6.45, 7) is 0. The molecule has 2 nitrogen and oxygen atoms in total.